The molecule has 5 bridgehead atoms. The highest BCUT2D eigenvalue weighted by atomic mass is 35.5. The fraction of sp³-hybridized carbons (Fsp3) is 0.487. The summed E-state index contributed by atoms with van der Waals surface area (Å²) in [6, 6.07) is 11.7. The SMILES string of the molecule is CC[C@H](C)[C@H](CO)N1C(=O)[C@@H]2[C@H]3C(=O)O[C@@H](c4ccccc4)[C@H](COC)NC(=O)CC/C=C\CN(c4c(C)cccc4Cl)C(=O)[C@@H]1[C@]21C=C[C@H]3O1. The second-order valence-corrected chi connectivity index (χ2v) is 14.3. The van der Waals surface area contributed by atoms with Gasteiger partial charge in [0.15, 0.2) is 0 Å². The topological polar surface area (TPSA) is 135 Å². The van der Waals surface area contributed by atoms with Crippen molar-refractivity contribution in [3.63, 3.8) is 0 Å². The number of aliphatic hydroxyl groups is 1. The van der Waals surface area contributed by atoms with Crippen molar-refractivity contribution < 1.29 is 38.5 Å². The van der Waals surface area contributed by atoms with E-state index in [1.54, 1.807) is 42.5 Å². The zero-order valence-corrected chi connectivity index (χ0v) is 30.1. The molecule has 2 saturated heterocycles. The van der Waals surface area contributed by atoms with Gasteiger partial charge in [0.1, 0.15) is 23.7 Å². The molecule has 2 aromatic carbocycles. The minimum Gasteiger partial charge on any atom is -0.455 e. The van der Waals surface area contributed by atoms with Gasteiger partial charge in [0.05, 0.1) is 48.0 Å². The number of hydrogen-bond acceptors (Lipinski definition) is 8. The molecule has 2 fully saturated rings. The number of rotatable bonds is 8. The van der Waals surface area contributed by atoms with E-state index in [0.717, 1.165) is 5.56 Å². The van der Waals surface area contributed by atoms with E-state index in [0.29, 0.717) is 29.1 Å². The number of carbonyl (C=O) groups excluding carboxylic acids is 4. The first-order chi connectivity index (χ1) is 24.6. The summed E-state index contributed by atoms with van der Waals surface area (Å²) in [4.78, 5) is 60.9. The van der Waals surface area contributed by atoms with Gasteiger partial charge in [-0.2, -0.15) is 0 Å². The molecule has 2 N–H and O–H groups in total. The van der Waals surface area contributed by atoms with Gasteiger partial charge in [-0.25, -0.2) is 0 Å². The van der Waals surface area contributed by atoms with Crippen LogP contribution >= 0.6 is 11.6 Å². The number of allylic oxidation sites excluding steroid dienone is 1. The van der Waals surface area contributed by atoms with Gasteiger partial charge >= 0.3 is 5.97 Å². The third-order valence-corrected chi connectivity index (χ3v) is 11.1. The Balaban J connectivity index is 1.51. The van der Waals surface area contributed by atoms with Crippen LogP contribution in [-0.2, 0) is 33.4 Å². The number of likely N-dealkylation sites (tertiary alicyclic amines) is 1. The molecule has 0 radical (unpaired) electrons. The molecule has 0 unspecified atom stereocenters. The number of halogens is 1. The molecule has 1 spiro atoms. The first kappa shape index (κ1) is 36.8. The maximum absolute atomic E-state index is 15.2. The molecule has 6 rings (SSSR count). The smallest absolute Gasteiger partial charge is 0.313 e. The minimum atomic E-state index is -1.52. The van der Waals surface area contributed by atoms with E-state index < -0.39 is 72.2 Å². The number of benzene rings is 2. The lowest BCUT2D eigenvalue weighted by Crippen LogP contribution is -2.59. The lowest BCUT2D eigenvalue weighted by atomic mass is 9.74. The van der Waals surface area contributed by atoms with E-state index in [1.807, 2.05) is 51.1 Å². The van der Waals surface area contributed by atoms with Crippen molar-refractivity contribution in [2.45, 2.75) is 76.0 Å². The molecule has 4 heterocycles. The highest BCUT2D eigenvalue weighted by molar-refractivity contribution is 6.34. The number of amides is 3. The zero-order valence-electron chi connectivity index (χ0n) is 29.4. The molecule has 11 nitrogen and oxygen atoms in total. The third kappa shape index (κ3) is 6.61. The van der Waals surface area contributed by atoms with Crippen LogP contribution < -0.4 is 10.2 Å². The molecule has 0 aromatic heterocycles. The lowest BCUT2D eigenvalue weighted by molar-refractivity contribution is -0.162. The quantitative estimate of drug-likeness (QED) is 0.305. The Kier molecular flexibility index (Phi) is 11.0. The predicted molar refractivity (Wildman–Crippen MR) is 191 cm³/mol. The number of nitrogens with zero attached hydrogens (tertiary/aromatic N) is 2. The molecule has 0 saturated carbocycles. The van der Waals surface area contributed by atoms with Gasteiger partial charge in [-0.05, 0) is 36.5 Å². The van der Waals surface area contributed by atoms with Crippen molar-refractivity contribution in [1.82, 2.24) is 10.2 Å². The Morgan fingerprint density at radius 3 is 2.53 bits per heavy atom. The Bertz CT molecular complexity index is 1680. The largest absolute Gasteiger partial charge is 0.455 e. The molecule has 4 aliphatic rings. The number of nitrogens with one attached hydrogen (secondary N) is 1. The molecule has 2 aromatic rings. The summed E-state index contributed by atoms with van der Waals surface area (Å²) in [6.07, 6.45) is 6.41. The first-order valence-electron chi connectivity index (χ1n) is 17.6. The number of carbonyl (C=O) groups is 4. The zero-order chi connectivity index (χ0) is 36.4. The molecular formula is C39H46ClN3O8. The van der Waals surface area contributed by atoms with E-state index in [9.17, 15) is 19.5 Å². The van der Waals surface area contributed by atoms with Gasteiger partial charge in [0.25, 0.3) is 5.91 Å². The maximum Gasteiger partial charge on any atom is 0.313 e. The van der Waals surface area contributed by atoms with Gasteiger partial charge in [0.2, 0.25) is 11.8 Å². The molecule has 0 aliphatic carbocycles. The number of methoxy groups -OCH3 is 1. The Hall–Kier alpha value is -4.03. The number of aliphatic hydroxyl groups excluding tert-OH is 1. The summed E-state index contributed by atoms with van der Waals surface area (Å²) >= 11 is 6.78. The van der Waals surface area contributed by atoms with Crippen LogP contribution in [0.15, 0.2) is 72.8 Å². The molecule has 12 heteroatoms. The summed E-state index contributed by atoms with van der Waals surface area (Å²) in [5.41, 5.74) is 0.332. The van der Waals surface area contributed by atoms with E-state index >= 15 is 4.79 Å². The van der Waals surface area contributed by atoms with E-state index in [1.165, 1.54) is 16.9 Å². The van der Waals surface area contributed by atoms with Crippen LogP contribution in [-0.4, -0.2) is 90.4 Å². The Morgan fingerprint density at radius 1 is 1.08 bits per heavy atom. The number of ether oxygens (including phenoxy) is 3. The minimum absolute atomic E-state index is 0.0504. The van der Waals surface area contributed by atoms with Crippen LogP contribution in [0, 0.1) is 24.7 Å². The van der Waals surface area contributed by atoms with Crippen molar-refractivity contribution >= 4 is 41.0 Å². The monoisotopic (exact) mass is 719 g/mol. The van der Waals surface area contributed by atoms with Crippen molar-refractivity contribution in [3.8, 4) is 0 Å². The molecule has 3 amide bonds. The summed E-state index contributed by atoms with van der Waals surface area (Å²) in [7, 11) is 1.50. The van der Waals surface area contributed by atoms with Gasteiger partial charge in [-0.1, -0.05) is 98.6 Å². The van der Waals surface area contributed by atoms with Crippen molar-refractivity contribution in [2.24, 2.45) is 17.8 Å². The van der Waals surface area contributed by atoms with Gasteiger partial charge in [-0.15, -0.1) is 0 Å². The standard InChI is InChI=1S/C39H46ClN3O8/c1-5-23(2)28(21-44)43-35-37(47)42(33-24(3)13-12-16-26(33)40)20-11-7-10-17-30(45)41-27(22-49-4)34(25-14-8-6-9-15-25)50-38(48)31-29-18-19-39(35,51-29)32(31)36(43)46/h6-9,11-16,18-19,23,27-29,31-32,34-35,44H,5,10,17,20-22H2,1-4H3,(H,41,45)/b11-7-/t23-,27-,28-,29+,31-,32-,34-,35+,39-/m0/s1. The number of para-hydroxylation sites is 1. The van der Waals surface area contributed by atoms with Crippen LogP contribution in [0.3, 0.4) is 0 Å². The maximum atomic E-state index is 15.2. The van der Waals surface area contributed by atoms with Crippen LogP contribution in [0.4, 0.5) is 5.69 Å². The Morgan fingerprint density at radius 2 is 1.84 bits per heavy atom. The summed E-state index contributed by atoms with van der Waals surface area (Å²) in [5.74, 6) is -4.30. The van der Waals surface area contributed by atoms with Crippen molar-refractivity contribution in [3.05, 3.63) is 89.0 Å². The van der Waals surface area contributed by atoms with Crippen molar-refractivity contribution in [1.29, 1.82) is 0 Å². The first-order valence-corrected chi connectivity index (χ1v) is 18.0. The molecular weight excluding hydrogens is 674 g/mol. The third-order valence-electron chi connectivity index (χ3n) is 10.8. The Labute approximate surface area is 303 Å². The van der Waals surface area contributed by atoms with Crippen molar-refractivity contribution in [2.75, 3.05) is 31.8 Å². The fourth-order valence-electron chi connectivity index (χ4n) is 8.14. The summed E-state index contributed by atoms with van der Waals surface area (Å²) in [5, 5.41) is 14.1. The number of anilines is 1. The lowest BCUT2D eigenvalue weighted by Gasteiger charge is -2.40. The normalized spacial score (nSPS) is 31.3. The second kappa shape index (κ2) is 15.3. The van der Waals surface area contributed by atoms with E-state index in [4.69, 9.17) is 25.8 Å². The van der Waals surface area contributed by atoms with Gasteiger partial charge in [-0.3, -0.25) is 19.2 Å². The number of esters is 1. The number of aryl methyl sites for hydroxylation is 1. The van der Waals surface area contributed by atoms with Crippen LogP contribution in [0.5, 0.6) is 0 Å². The second-order valence-electron chi connectivity index (χ2n) is 13.8. The van der Waals surface area contributed by atoms with E-state index in [2.05, 4.69) is 5.32 Å². The molecule has 4 aliphatic heterocycles. The van der Waals surface area contributed by atoms with Crippen LogP contribution in [0.1, 0.15) is 50.3 Å². The van der Waals surface area contributed by atoms with Crippen LogP contribution in [0.25, 0.3) is 0 Å². The van der Waals surface area contributed by atoms with Gasteiger partial charge in [0, 0.05) is 20.1 Å². The van der Waals surface area contributed by atoms with Crippen LogP contribution in [0.2, 0.25) is 5.02 Å². The fourth-order valence-corrected chi connectivity index (χ4v) is 8.46. The molecule has 9 atom stereocenters. The molecule has 272 valence electrons. The highest BCUT2D eigenvalue weighted by Gasteiger charge is 2.74. The molecule has 51 heavy (non-hydrogen) atoms. The highest BCUT2D eigenvalue weighted by Crippen LogP contribution is 2.57. The van der Waals surface area contributed by atoms with E-state index in [-0.39, 0.29) is 31.4 Å². The summed E-state index contributed by atoms with van der Waals surface area (Å²) in [6.45, 7) is 5.47. The number of cyclic esters (lactones) is 1. The number of hydrogen-bond donors (Lipinski definition) is 2. The number of fused-ring (bicyclic) bond motifs is 2. The summed E-state index contributed by atoms with van der Waals surface area (Å²) < 4.78 is 18.4. The predicted octanol–water partition coefficient (Wildman–Crippen LogP) is 4.30. The average Bonchev–Trinajstić information content (AvgIpc) is 3.77. The van der Waals surface area contributed by atoms with Gasteiger partial charge < -0.3 is 34.4 Å². The average molecular weight is 720 g/mol.